The summed E-state index contributed by atoms with van der Waals surface area (Å²) in [5.41, 5.74) is 7.69. The van der Waals surface area contributed by atoms with E-state index in [1.807, 2.05) is 43.9 Å². The van der Waals surface area contributed by atoms with Gasteiger partial charge in [-0.2, -0.15) is 10.1 Å². The first-order valence-corrected chi connectivity index (χ1v) is 13.8. The number of carbonyl (C=O) groups excluding carboxylic acids is 1. The normalized spacial score (nSPS) is 15.5. The Morgan fingerprint density at radius 2 is 2.00 bits per heavy atom. The van der Waals surface area contributed by atoms with E-state index in [-0.39, 0.29) is 29.2 Å². The minimum Gasteiger partial charge on any atom is -0.342 e. The lowest BCUT2D eigenvalue weighted by Crippen LogP contribution is -2.31. The average Bonchev–Trinajstić information content (AvgIpc) is 3.66. The SMILES string of the molecule is Cc1c(-c2nc3c(-c4ccc5c(c4)CCCC5NC(=O)c4noc(C(C)(C)C)n4)ccnc3[nH]2)cnn1C(C)C. The Balaban J connectivity index is 1.29. The van der Waals surface area contributed by atoms with E-state index in [1.54, 1.807) is 0 Å². The molecule has 1 unspecified atom stereocenters. The molecule has 10 heteroatoms. The van der Waals surface area contributed by atoms with Crippen molar-refractivity contribution in [2.75, 3.05) is 0 Å². The number of benzene rings is 1. The van der Waals surface area contributed by atoms with Crippen molar-refractivity contribution in [1.82, 2.24) is 40.2 Å². The number of aromatic amines is 1. The summed E-state index contributed by atoms with van der Waals surface area (Å²) in [6, 6.07) is 8.58. The summed E-state index contributed by atoms with van der Waals surface area (Å²) >= 11 is 0. The first-order valence-electron chi connectivity index (χ1n) is 13.8. The summed E-state index contributed by atoms with van der Waals surface area (Å²) in [5, 5.41) is 11.6. The summed E-state index contributed by atoms with van der Waals surface area (Å²) in [4.78, 5) is 30.2. The number of hydrogen-bond acceptors (Lipinski definition) is 7. The van der Waals surface area contributed by atoms with Crippen LogP contribution in [-0.2, 0) is 11.8 Å². The highest BCUT2D eigenvalue weighted by Crippen LogP contribution is 2.35. The number of amides is 1. The van der Waals surface area contributed by atoms with E-state index >= 15 is 0 Å². The average molecular weight is 539 g/mol. The summed E-state index contributed by atoms with van der Waals surface area (Å²) < 4.78 is 7.31. The number of aryl methyl sites for hydroxylation is 1. The fraction of sp³-hybridized carbons (Fsp3) is 0.400. The zero-order valence-electron chi connectivity index (χ0n) is 23.7. The number of aromatic nitrogens is 7. The summed E-state index contributed by atoms with van der Waals surface area (Å²) in [6.45, 7) is 12.2. The molecule has 0 bridgehead atoms. The van der Waals surface area contributed by atoms with Crippen LogP contribution in [0.25, 0.3) is 33.7 Å². The predicted octanol–water partition coefficient (Wildman–Crippen LogP) is 5.87. The quantitative estimate of drug-likeness (QED) is 0.287. The molecule has 1 aromatic carbocycles. The Kier molecular flexibility index (Phi) is 6.28. The Morgan fingerprint density at radius 1 is 1.18 bits per heavy atom. The van der Waals surface area contributed by atoms with Gasteiger partial charge in [-0.3, -0.25) is 9.48 Å². The molecule has 1 aliphatic rings. The first kappa shape index (κ1) is 25.9. The molecule has 40 heavy (non-hydrogen) atoms. The van der Waals surface area contributed by atoms with E-state index in [2.05, 4.69) is 69.5 Å². The topological polar surface area (TPSA) is 127 Å². The predicted molar refractivity (Wildman–Crippen MR) is 152 cm³/mol. The monoisotopic (exact) mass is 538 g/mol. The van der Waals surface area contributed by atoms with Crippen LogP contribution in [0, 0.1) is 6.92 Å². The van der Waals surface area contributed by atoms with Crippen molar-refractivity contribution in [3.63, 3.8) is 0 Å². The molecule has 4 aromatic heterocycles. The molecule has 206 valence electrons. The molecule has 4 heterocycles. The Hall–Kier alpha value is -4.34. The van der Waals surface area contributed by atoms with E-state index in [4.69, 9.17) is 9.51 Å². The smallest absolute Gasteiger partial charge is 0.293 e. The molecule has 10 nitrogen and oxygen atoms in total. The van der Waals surface area contributed by atoms with Gasteiger partial charge in [0.2, 0.25) is 5.89 Å². The highest BCUT2D eigenvalue weighted by Gasteiger charge is 2.28. The van der Waals surface area contributed by atoms with Crippen molar-refractivity contribution in [2.24, 2.45) is 0 Å². The number of H-pyrrole nitrogens is 1. The van der Waals surface area contributed by atoms with Crippen molar-refractivity contribution < 1.29 is 9.32 Å². The largest absolute Gasteiger partial charge is 0.342 e. The lowest BCUT2D eigenvalue weighted by Gasteiger charge is -2.26. The Bertz CT molecular complexity index is 1720. The highest BCUT2D eigenvalue weighted by molar-refractivity contribution is 5.92. The molecule has 5 aromatic rings. The molecule has 1 atom stereocenters. The fourth-order valence-corrected chi connectivity index (χ4v) is 5.42. The van der Waals surface area contributed by atoms with Gasteiger partial charge in [0.1, 0.15) is 11.3 Å². The van der Waals surface area contributed by atoms with Crippen LogP contribution in [0.4, 0.5) is 0 Å². The van der Waals surface area contributed by atoms with Crippen LogP contribution in [0.15, 0.2) is 41.2 Å². The molecular formula is C30H34N8O2. The number of rotatable bonds is 5. The second-order valence-corrected chi connectivity index (χ2v) is 11.8. The minimum atomic E-state index is -0.322. The number of pyridine rings is 1. The Morgan fingerprint density at radius 3 is 2.73 bits per heavy atom. The van der Waals surface area contributed by atoms with Crippen molar-refractivity contribution >= 4 is 17.1 Å². The molecule has 0 spiro atoms. The summed E-state index contributed by atoms with van der Waals surface area (Å²) in [5.74, 6) is 0.949. The third kappa shape index (κ3) is 4.57. The van der Waals surface area contributed by atoms with E-state index in [1.165, 1.54) is 5.56 Å². The number of fused-ring (bicyclic) bond motifs is 2. The van der Waals surface area contributed by atoms with E-state index < -0.39 is 0 Å². The van der Waals surface area contributed by atoms with Crippen molar-refractivity contribution in [3.8, 4) is 22.5 Å². The zero-order valence-corrected chi connectivity index (χ0v) is 23.7. The van der Waals surface area contributed by atoms with Crippen LogP contribution in [0.3, 0.4) is 0 Å². The minimum absolute atomic E-state index is 0.0661. The molecule has 0 aliphatic heterocycles. The standard InChI is InChI=1S/C30H34N8O2/c1-16(2)38-17(3)22(15-32-38)25-34-24-21(12-13-31-26(24)35-25)19-10-11-20-18(14-19)8-7-9-23(20)33-28(39)27-36-29(40-37-27)30(4,5)6/h10-16,23H,7-9H2,1-6H3,(H,33,39)(H,31,34,35). The lowest BCUT2D eigenvalue weighted by atomic mass is 9.85. The van der Waals surface area contributed by atoms with Gasteiger partial charge in [0.25, 0.3) is 11.7 Å². The van der Waals surface area contributed by atoms with Gasteiger partial charge in [0.05, 0.1) is 17.8 Å². The molecule has 6 rings (SSSR count). The van der Waals surface area contributed by atoms with E-state index in [9.17, 15) is 4.79 Å². The fourth-order valence-electron chi connectivity index (χ4n) is 5.42. The molecule has 0 radical (unpaired) electrons. The highest BCUT2D eigenvalue weighted by atomic mass is 16.5. The first-order chi connectivity index (χ1) is 19.1. The van der Waals surface area contributed by atoms with Crippen LogP contribution in [0.1, 0.15) is 92.9 Å². The molecule has 0 saturated heterocycles. The molecule has 0 fully saturated rings. The number of nitrogens with zero attached hydrogens (tertiary/aromatic N) is 6. The van der Waals surface area contributed by atoms with E-state index in [0.29, 0.717) is 5.89 Å². The second-order valence-electron chi connectivity index (χ2n) is 11.8. The maximum absolute atomic E-state index is 13.0. The van der Waals surface area contributed by atoms with Crippen molar-refractivity contribution in [2.45, 2.75) is 78.3 Å². The third-order valence-electron chi connectivity index (χ3n) is 7.52. The summed E-state index contributed by atoms with van der Waals surface area (Å²) in [7, 11) is 0. The maximum atomic E-state index is 13.0. The van der Waals surface area contributed by atoms with Gasteiger partial charge in [-0.05, 0) is 62.8 Å². The van der Waals surface area contributed by atoms with Gasteiger partial charge in [0, 0.05) is 28.9 Å². The lowest BCUT2D eigenvalue weighted by molar-refractivity contribution is 0.0919. The molecule has 2 N–H and O–H groups in total. The van der Waals surface area contributed by atoms with Gasteiger partial charge >= 0.3 is 0 Å². The van der Waals surface area contributed by atoms with Crippen molar-refractivity contribution in [1.29, 1.82) is 0 Å². The van der Waals surface area contributed by atoms with Gasteiger partial charge in [-0.1, -0.05) is 44.1 Å². The van der Waals surface area contributed by atoms with Gasteiger partial charge in [-0.15, -0.1) is 0 Å². The molecule has 0 saturated carbocycles. The van der Waals surface area contributed by atoms with Crippen LogP contribution >= 0.6 is 0 Å². The maximum Gasteiger partial charge on any atom is 0.293 e. The third-order valence-corrected chi connectivity index (χ3v) is 7.52. The molecule has 1 amide bonds. The molecular weight excluding hydrogens is 504 g/mol. The van der Waals surface area contributed by atoms with Crippen LogP contribution < -0.4 is 5.32 Å². The second kappa shape index (κ2) is 9.69. The number of carbonyl (C=O) groups is 1. The van der Waals surface area contributed by atoms with Gasteiger partial charge in [-0.25, -0.2) is 9.97 Å². The number of nitrogens with one attached hydrogen (secondary N) is 2. The van der Waals surface area contributed by atoms with Gasteiger partial charge in [0.15, 0.2) is 5.65 Å². The van der Waals surface area contributed by atoms with Crippen molar-refractivity contribution in [3.05, 3.63) is 65.2 Å². The molecule has 1 aliphatic carbocycles. The van der Waals surface area contributed by atoms with Crippen LogP contribution in [-0.4, -0.2) is 40.8 Å². The summed E-state index contributed by atoms with van der Waals surface area (Å²) in [6.07, 6.45) is 6.44. The Labute approximate surface area is 232 Å². The number of hydrogen-bond donors (Lipinski definition) is 2. The van der Waals surface area contributed by atoms with Crippen LogP contribution in [0.2, 0.25) is 0 Å². The zero-order chi connectivity index (χ0) is 28.2. The van der Waals surface area contributed by atoms with Gasteiger partial charge < -0.3 is 14.8 Å². The van der Waals surface area contributed by atoms with Crippen LogP contribution in [0.5, 0.6) is 0 Å². The van der Waals surface area contributed by atoms with E-state index in [0.717, 1.165) is 64.2 Å². The number of imidazole rings is 1.